The van der Waals surface area contributed by atoms with Crippen LogP contribution in [0.2, 0.25) is 0 Å². The SMILES string of the molecule is COC(=O)c1ccc(C)c(NC(=O)[C@H](C)N(c2cccc([N+](=O)[O-])c2)S(C)(=O)=O)c1. The Morgan fingerprint density at radius 3 is 2.43 bits per heavy atom. The summed E-state index contributed by atoms with van der Waals surface area (Å²) in [6.07, 6.45) is 0.902. The van der Waals surface area contributed by atoms with Crippen molar-refractivity contribution >= 4 is 39.0 Å². The van der Waals surface area contributed by atoms with E-state index in [0.717, 1.165) is 16.6 Å². The van der Waals surface area contributed by atoms with Gasteiger partial charge in [0.1, 0.15) is 6.04 Å². The third kappa shape index (κ3) is 5.11. The fraction of sp³-hybridized carbons (Fsp3) is 0.263. The predicted octanol–water partition coefficient (Wildman–Crippen LogP) is 2.48. The molecule has 0 aromatic heterocycles. The first-order chi connectivity index (χ1) is 14.0. The van der Waals surface area contributed by atoms with Gasteiger partial charge in [0, 0.05) is 17.8 Å². The first-order valence-corrected chi connectivity index (χ1v) is 10.5. The second kappa shape index (κ2) is 8.91. The monoisotopic (exact) mass is 435 g/mol. The highest BCUT2D eigenvalue weighted by Crippen LogP contribution is 2.26. The molecule has 0 unspecified atom stereocenters. The average Bonchev–Trinajstić information content (AvgIpc) is 2.68. The van der Waals surface area contributed by atoms with Crippen LogP contribution in [0, 0.1) is 17.0 Å². The molecule has 0 radical (unpaired) electrons. The summed E-state index contributed by atoms with van der Waals surface area (Å²) in [6, 6.07) is 8.33. The van der Waals surface area contributed by atoms with Gasteiger partial charge in [0.05, 0.1) is 29.5 Å². The van der Waals surface area contributed by atoms with E-state index >= 15 is 0 Å². The van der Waals surface area contributed by atoms with E-state index in [0.29, 0.717) is 11.3 Å². The predicted molar refractivity (Wildman–Crippen MR) is 111 cm³/mol. The maximum Gasteiger partial charge on any atom is 0.337 e. The lowest BCUT2D eigenvalue weighted by Crippen LogP contribution is -2.45. The summed E-state index contributed by atoms with van der Waals surface area (Å²) in [5.74, 6) is -1.27. The average molecular weight is 435 g/mol. The highest BCUT2D eigenvalue weighted by molar-refractivity contribution is 7.92. The number of carbonyl (C=O) groups is 2. The Balaban J connectivity index is 2.39. The molecule has 0 spiro atoms. The summed E-state index contributed by atoms with van der Waals surface area (Å²) in [6.45, 7) is 3.06. The maximum atomic E-state index is 12.8. The van der Waals surface area contributed by atoms with E-state index in [2.05, 4.69) is 10.1 Å². The number of nitro benzene ring substituents is 1. The quantitative estimate of drug-likeness (QED) is 0.401. The van der Waals surface area contributed by atoms with Crippen molar-refractivity contribution in [3.05, 3.63) is 63.7 Å². The Bertz CT molecular complexity index is 1100. The molecule has 10 nitrogen and oxygen atoms in total. The molecular weight excluding hydrogens is 414 g/mol. The minimum absolute atomic E-state index is 0.0191. The third-order valence-electron chi connectivity index (χ3n) is 4.30. The maximum absolute atomic E-state index is 12.8. The number of methoxy groups -OCH3 is 1. The first kappa shape index (κ1) is 22.8. The van der Waals surface area contributed by atoms with Crippen LogP contribution < -0.4 is 9.62 Å². The largest absolute Gasteiger partial charge is 0.465 e. The van der Waals surface area contributed by atoms with Crippen LogP contribution in [0.25, 0.3) is 0 Å². The van der Waals surface area contributed by atoms with Crippen molar-refractivity contribution < 1.29 is 27.7 Å². The lowest BCUT2D eigenvalue weighted by Gasteiger charge is -2.28. The van der Waals surface area contributed by atoms with Crippen LogP contribution in [0.3, 0.4) is 0 Å². The van der Waals surface area contributed by atoms with Crippen LogP contribution in [0.5, 0.6) is 0 Å². The molecule has 2 aromatic rings. The van der Waals surface area contributed by atoms with Gasteiger partial charge < -0.3 is 10.1 Å². The number of amides is 1. The van der Waals surface area contributed by atoms with Gasteiger partial charge in [0.25, 0.3) is 5.69 Å². The Labute approximate surface area is 173 Å². The van der Waals surface area contributed by atoms with Gasteiger partial charge in [0.15, 0.2) is 0 Å². The molecule has 30 heavy (non-hydrogen) atoms. The number of rotatable bonds is 7. The zero-order chi connectivity index (χ0) is 22.6. The molecule has 0 aliphatic heterocycles. The molecule has 160 valence electrons. The molecular formula is C19H21N3O7S. The molecule has 1 atom stereocenters. The topological polar surface area (TPSA) is 136 Å². The van der Waals surface area contributed by atoms with Gasteiger partial charge in [-0.1, -0.05) is 12.1 Å². The second-order valence-corrected chi connectivity index (χ2v) is 8.38. The molecule has 2 aromatic carbocycles. The molecule has 0 saturated carbocycles. The van der Waals surface area contributed by atoms with Crippen molar-refractivity contribution in [3.63, 3.8) is 0 Å². The Hall–Kier alpha value is -3.47. The lowest BCUT2D eigenvalue weighted by molar-refractivity contribution is -0.384. The Morgan fingerprint density at radius 2 is 1.87 bits per heavy atom. The van der Waals surface area contributed by atoms with Crippen molar-refractivity contribution in [2.24, 2.45) is 0 Å². The standard InChI is InChI=1S/C19H21N3O7S/c1-12-8-9-14(19(24)29-3)10-17(12)20-18(23)13(2)21(30(4,27)28)15-6-5-7-16(11-15)22(25)26/h5-11,13H,1-4H3,(H,20,23)/t13-/m0/s1. The molecule has 0 heterocycles. The number of carbonyl (C=O) groups excluding carboxylic acids is 2. The lowest BCUT2D eigenvalue weighted by atomic mass is 10.1. The normalized spacial score (nSPS) is 12.0. The number of nitro groups is 1. The summed E-state index contributed by atoms with van der Waals surface area (Å²) < 4.78 is 30.2. The van der Waals surface area contributed by atoms with E-state index in [4.69, 9.17) is 0 Å². The molecule has 11 heteroatoms. The van der Waals surface area contributed by atoms with Gasteiger partial charge in [-0.2, -0.15) is 0 Å². The van der Waals surface area contributed by atoms with E-state index in [1.54, 1.807) is 13.0 Å². The highest BCUT2D eigenvalue weighted by atomic mass is 32.2. The molecule has 1 N–H and O–H groups in total. The van der Waals surface area contributed by atoms with Gasteiger partial charge in [-0.25, -0.2) is 13.2 Å². The third-order valence-corrected chi connectivity index (χ3v) is 5.54. The molecule has 0 saturated heterocycles. The second-order valence-electron chi connectivity index (χ2n) is 6.52. The number of hydrogen-bond acceptors (Lipinski definition) is 7. The first-order valence-electron chi connectivity index (χ1n) is 8.69. The molecule has 0 fully saturated rings. The van der Waals surface area contributed by atoms with Gasteiger partial charge in [-0.15, -0.1) is 0 Å². The fourth-order valence-electron chi connectivity index (χ4n) is 2.79. The fourth-order valence-corrected chi connectivity index (χ4v) is 3.96. The van der Waals surface area contributed by atoms with Crippen LogP contribution in [0.4, 0.5) is 17.1 Å². The van der Waals surface area contributed by atoms with Crippen LogP contribution in [-0.4, -0.2) is 44.6 Å². The Morgan fingerprint density at radius 1 is 1.20 bits per heavy atom. The van der Waals surface area contributed by atoms with E-state index in [1.165, 1.54) is 44.4 Å². The summed E-state index contributed by atoms with van der Waals surface area (Å²) in [4.78, 5) is 34.9. The minimum Gasteiger partial charge on any atom is -0.465 e. The molecule has 0 bridgehead atoms. The minimum atomic E-state index is -3.96. The van der Waals surface area contributed by atoms with Crippen LogP contribution in [0.1, 0.15) is 22.8 Å². The number of nitrogens with zero attached hydrogens (tertiary/aromatic N) is 2. The molecule has 0 aliphatic carbocycles. The van der Waals surface area contributed by atoms with E-state index in [9.17, 15) is 28.1 Å². The van der Waals surface area contributed by atoms with Gasteiger partial charge in [-0.05, 0) is 37.6 Å². The zero-order valence-corrected chi connectivity index (χ0v) is 17.6. The van der Waals surface area contributed by atoms with E-state index < -0.39 is 32.9 Å². The molecule has 1 amide bonds. The number of esters is 1. The van der Waals surface area contributed by atoms with Gasteiger partial charge in [0.2, 0.25) is 15.9 Å². The van der Waals surface area contributed by atoms with Crippen molar-refractivity contribution in [2.75, 3.05) is 23.0 Å². The number of aryl methyl sites for hydroxylation is 1. The number of sulfonamides is 1. The summed E-state index contributed by atoms with van der Waals surface area (Å²) in [5, 5.41) is 13.6. The number of benzene rings is 2. The van der Waals surface area contributed by atoms with Crippen molar-refractivity contribution in [1.82, 2.24) is 0 Å². The van der Waals surface area contributed by atoms with Crippen LogP contribution in [0.15, 0.2) is 42.5 Å². The Kier molecular flexibility index (Phi) is 6.77. The van der Waals surface area contributed by atoms with E-state index in [-0.39, 0.29) is 16.9 Å². The van der Waals surface area contributed by atoms with Gasteiger partial charge in [-0.3, -0.25) is 19.2 Å². The molecule has 2 rings (SSSR count). The summed E-state index contributed by atoms with van der Waals surface area (Å²) >= 11 is 0. The zero-order valence-electron chi connectivity index (χ0n) is 16.8. The number of ether oxygens (including phenoxy) is 1. The van der Waals surface area contributed by atoms with Crippen molar-refractivity contribution in [1.29, 1.82) is 0 Å². The van der Waals surface area contributed by atoms with Gasteiger partial charge >= 0.3 is 5.97 Å². The number of non-ortho nitro benzene ring substituents is 1. The smallest absolute Gasteiger partial charge is 0.337 e. The highest BCUT2D eigenvalue weighted by Gasteiger charge is 2.30. The van der Waals surface area contributed by atoms with Crippen LogP contribution >= 0.6 is 0 Å². The summed E-state index contributed by atoms with van der Waals surface area (Å²) in [5.41, 5.74) is 0.834. The number of anilines is 2. The molecule has 0 aliphatic rings. The van der Waals surface area contributed by atoms with Crippen molar-refractivity contribution in [3.8, 4) is 0 Å². The number of hydrogen-bond donors (Lipinski definition) is 1. The number of nitrogens with one attached hydrogen (secondary N) is 1. The van der Waals surface area contributed by atoms with E-state index in [1.807, 2.05) is 0 Å². The van der Waals surface area contributed by atoms with Crippen LogP contribution in [-0.2, 0) is 19.6 Å². The summed E-state index contributed by atoms with van der Waals surface area (Å²) in [7, 11) is -2.73. The van der Waals surface area contributed by atoms with Crippen molar-refractivity contribution in [2.45, 2.75) is 19.9 Å².